The number of unbranched alkanes of at least 4 members (excludes halogenated alkanes) is 2. The van der Waals surface area contributed by atoms with Gasteiger partial charge < -0.3 is 10.0 Å². The minimum Gasteiger partial charge on any atom is -0.393 e. The lowest BCUT2D eigenvalue weighted by molar-refractivity contribution is 0.0305. The van der Waals surface area contributed by atoms with Gasteiger partial charge in [0, 0.05) is 12.1 Å². The third-order valence-electron chi connectivity index (χ3n) is 4.78. The maximum absolute atomic E-state index is 10.2. The van der Waals surface area contributed by atoms with E-state index in [0.29, 0.717) is 5.92 Å². The third kappa shape index (κ3) is 2.60. The second-order valence-corrected chi connectivity index (χ2v) is 5.85. The van der Waals surface area contributed by atoms with Crippen LogP contribution in [0, 0.1) is 5.92 Å². The van der Waals surface area contributed by atoms with Crippen LogP contribution in [0.2, 0.25) is 0 Å². The Morgan fingerprint density at radius 3 is 2.38 bits per heavy atom. The lowest BCUT2D eigenvalue weighted by Gasteiger charge is -2.38. The van der Waals surface area contributed by atoms with Crippen molar-refractivity contribution in [2.45, 2.75) is 76.5 Å². The van der Waals surface area contributed by atoms with Crippen LogP contribution in [0.15, 0.2) is 0 Å². The van der Waals surface area contributed by atoms with Crippen molar-refractivity contribution in [1.82, 2.24) is 4.90 Å². The van der Waals surface area contributed by atoms with Crippen molar-refractivity contribution in [3.63, 3.8) is 0 Å². The largest absolute Gasteiger partial charge is 0.393 e. The van der Waals surface area contributed by atoms with Crippen LogP contribution in [0.4, 0.5) is 0 Å². The summed E-state index contributed by atoms with van der Waals surface area (Å²) in [4.78, 5) is 2.55. The second kappa shape index (κ2) is 5.50. The fourth-order valence-electron chi connectivity index (χ4n) is 3.61. The van der Waals surface area contributed by atoms with Crippen LogP contribution >= 0.6 is 0 Å². The van der Waals surface area contributed by atoms with E-state index >= 15 is 0 Å². The van der Waals surface area contributed by atoms with Crippen molar-refractivity contribution < 1.29 is 5.11 Å². The second-order valence-electron chi connectivity index (χ2n) is 5.85. The topological polar surface area (TPSA) is 23.5 Å². The molecule has 2 bridgehead atoms. The first-order valence-corrected chi connectivity index (χ1v) is 7.12. The first kappa shape index (κ1) is 12.4. The Labute approximate surface area is 100 Å². The molecule has 2 rings (SSSR count). The molecule has 0 aromatic carbocycles. The Morgan fingerprint density at radius 2 is 1.81 bits per heavy atom. The molecule has 0 spiro atoms. The van der Waals surface area contributed by atoms with Gasteiger partial charge in [-0.1, -0.05) is 26.2 Å². The molecule has 0 saturated carbocycles. The van der Waals surface area contributed by atoms with E-state index in [1.54, 1.807) is 0 Å². The van der Waals surface area contributed by atoms with E-state index in [-0.39, 0.29) is 6.10 Å². The zero-order chi connectivity index (χ0) is 11.5. The Balaban J connectivity index is 1.78. The van der Waals surface area contributed by atoms with E-state index in [2.05, 4.69) is 18.9 Å². The van der Waals surface area contributed by atoms with E-state index in [0.717, 1.165) is 18.5 Å². The summed E-state index contributed by atoms with van der Waals surface area (Å²) in [6.45, 7) is 2.22. The molecule has 1 N–H and O–H groups in total. The molecular weight excluding hydrogens is 198 g/mol. The Kier molecular flexibility index (Phi) is 4.26. The van der Waals surface area contributed by atoms with Crippen molar-refractivity contribution in [2.75, 3.05) is 7.05 Å². The highest BCUT2D eigenvalue weighted by atomic mass is 16.3. The molecule has 2 heteroatoms. The van der Waals surface area contributed by atoms with Gasteiger partial charge in [-0.25, -0.2) is 0 Å². The van der Waals surface area contributed by atoms with Crippen LogP contribution in [-0.4, -0.2) is 35.2 Å². The fourth-order valence-corrected chi connectivity index (χ4v) is 3.61. The summed E-state index contributed by atoms with van der Waals surface area (Å²) in [6.07, 6.45) is 9.94. The van der Waals surface area contributed by atoms with Crippen LogP contribution in [0.25, 0.3) is 0 Å². The summed E-state index contributed by atoms with van der Waals surface area (Å²) in [5.74, 6) is 0.588. The van der Waals surface area contributed by atoms with Gasteiger partial charge in [-0.3, -0.25) is 0 Å². The predicted octanol–water partition coefficient (Wildman–Crippen LogP) is 2.80. The van der Waals surface area contributed by atoms with Crippen molar-refractivity contribution in [3.05, 3.63) is 0 Å². The van der Waals surface area contributed by atoms with Crippen LogP contribution in [0.1, 0.15) is 58.3 Å². The van der Waals surface area contributed by atoms with Crippen LogP contribution < -0.4 is 0 Å². The van der Waals surface area contributed by atoms with Gasteiger partial charge >= 0.3 is 0 Å². The van der Waals surface area contributed by atoms with E-state index in [4.69, 9.17) is 0 Å². The molecule has 94 valence electrons. The van der Waals surface area contributed by atoms with Gasteiger partial charge in [-0.2, -0.15) is 0 Å². The molecule has 0 aromatic heterocycles. The highest BCUT2D eigenvalue weighted by Crippen LogP contribution is 2.39. The number of piperidine rings is 1. The Bertz CT molecular complexity index is 205. The van der Waals surface area contributed by atoms with Crippen LogP contribution in [0.3, 0.4) is 0 Å². The molecule has 0 aliphatic carbocycles. The molecule has 2 aliphatic heterocycles. The Morgan fingerprint density at radius 1 is 1.19 bits per heavy atom. The number of fused-ring (bicyclic) bond motifs is 2. The average Bonchev–Trinajstić information content (AvgIpc) is 2.53. The summed E-state index contributed by atoms with van der Waals surface area (Å²) in [5, 5.41) is 10.2. The average molecular weight is 225 g/mol. The third-order valence-corrected chi connectivity index (χ3v) is 4.78. The highest BCUT2D eigenvalue weighted by molar-refractivity contribution is 4.95. The number of nitrogens with zero attached hydrogens (tertiary/aromatic N) is 1. The number of hydrogen-bond donors (Lipinski definition) is 1. The normalized spacial score (nSPS) is 36.6. The van der Waals surface area contributed by atoms with Gasteiger partial charge in [0.25, 0.3) is 0 Å². The van der Waals surface area contributed by atoms with E-state index < -0.39 is 0 Å². The molecule has 2 heterocycles. The van der Waals surface area contributed by atoms with Gasteiger partial charge in [0.1, 0.15) is 0 Å². The molecule has 0 radical (unpaired) electrons. The smallest absolute Gasteiger partial charge is 0.0569 e. The maximum Gasteiger partial charge on any atom is 0.0569 e. The molecule has 2 aliphatic rings. The quantitative estimate of drug-likeness (QED) is 0.727. The summed E-state index contributed by atoms with van der Waals surface area (Å²) in [7, 11) is 2.27. The molecular formula is C14H27NO. The SMILES string of the molecule is CCCCCC(O)C1CC2CCC(C1)N2C. The summed E-state index contributed by atoms with van der Waals surface area (Å²) in [6, 6.07) is 1.54. The summed E-state index contributed by atoms with van der Waals surface area (Å²) in [5.41, 5.74) is 0. The predicted molar refractivity (Wildman–Crippen MR) is 67.4 cm³/mol. The van der Waals surface area contributed by atoms with Gasteiger partial charge in [0.05, 0.1) is 6.10 Å². The van der Waals surface area contributed by atoms with Crippen LogP contribution in [-0.2, 0) is 0 Å². The molecule has 3 atom stereocenters. The minimum atomic E-state index is -0.0247. The first-order chi connectivity index (χ1) is 7.72. The van der Waals surface area contributed by atoms with Crippen molar-refractivity contribution in [3.8, 4) is 0 Å². The zero-order valence-electron chi connectivity index (χ0n) is 10.9. The number of rotatable bonds is 5. The molecule has 16 heavy (non-hydrogen) atoms. The van der Waals surface area contributed by atoms with Gasteiger partial charge in [-0.15, -0.1) is 0 Å². The standard InChI is InChI=1S/C14H27NO/c1-3-4-5-6-14(16)11-9-12-7-8-13(10-11)15(12)2/h11-14,16H,3-10H2,1-2H3. The highest BCUT2D eigenvalue weighted by Gasteiger charge is 2.40. The molecule has 2 nitrogen and oxygen atoms in total. The molecule has 2 fully saturated rings. The fraction of sp³-hybridized carbons (Fsp3) is 1.00. The summed E-state index contributed by atoms with van der Waals surface area (Å²) < 4.78 is 0. The van der Waals surface area contributed by atoms with E-state index in [9.17, 15) is 5.11 Å². The van der Waals surface area contributed by atoms with Crippen LogP contribution in [0.5, 0.6) is 0 Å². The van der Waals surface area contributed by atoms with Crippen molar-refractivity contribution >= 4 is 0 Å². The molecule has 0 aromatic rings. The lowest BCUT2D eigenvalue weighted by Crippen LogP contribution is -2.43. The van der Waals surface area contributed by atoms with E-state index in [1.165, 1.54) is 44.9 Å². The lowest BCUT2D eigenvalue weighted by atomic mass is 9.84. The number of aliphatic hydroxyl groups excluding tert-OH is 1. The van der Waals surface area contributed by atoms with Crippen molar-refractivity contribution in [1.29, 1.82) is 0 Å². The number of hydrogen-bond acceptors (Lipinski definition) is 2. The maximum atomic E-state index is 10.2. The molecule has 2 saturated heterocycles. The summed E-state index contributed by atoms with van der Waals surface area (Å²) >= 11 is 0. The zero-order valence-corrected chi connectivity index (χ0v) is 10.9. The van der Waals surface area contributed by atoms with Gasteiger partial charge in [-0.05, 0) is 45.1 Å². The number of aliphatic hydroxyl groups is 1. The van der Waals surface area contributed by atoms with Crippen molar-refractivity contribution in [2.24, 2.45) is 5.92 Å². The Hall–Kier alpha value is -0.0800. The van der Waals surface area contributed by atoms with Gasteiger partial charge in [0.15, 0.2) is 0 Å². The molecule has 3 unspecified atom stereocenters. The van der Waals surface area contributed by atoms with E-state index in [1.807, 2.05) is 0 Å². The first-order valence-electron chi connectivity index (χ1n) is 7.12. The monoisotopic (exact) mass is 225 g/mol. The van der Waals surface area contributed by atoms with Gasteiger partial charge in [0.2, 0.25) is 0 Å². The minimum absolute atomic E-state index is 0.0247. The molecule has 0 amide bonds.